The fourth-order valence-electron chi connectivity index (χ4n) is 8.91. The maximum Gasteiger partial charge on any atom is 0.397 e. The minimum Gasteiger partial charge on any atom is -0.462 e. The molecule has 0 aromatic carbocycles. The van der Waals surface area contributed by atoms with Crippen LogP contribution < -0.4 is 5.63 Å². The van der Waals surface area contributed by atoms with Crippen LogP contribution in [0.1, 0.15) is 83.6 Å². The van der Waals surface area contributed by atoms with Gasteiger partial charge in [0.2, 0.25) is 0 Å². The molecule has 4 aliphatic carbocycles. The second-order valence-electron chi connectivity index (χ2n) is 12.0. The third kappa shape index (κ3) is 4.04. The van der Waals surface area contributed by atoms with Gasteiger partial charge in [0.1, 0.15) is 6.10 Å². The van der Waals surface area contributed by atoms with Gasteiger partial charge in [-0.1, -0.05) is 13.8 Å². The van der Waals surface area contributed by atoms with E-state index < -0.39 is 45.2 Å². The molecule has 36 heavy (non-hydrogen) atoms. The lowest BCUT2D eigenvalue weighted by Crippen LogP contribution is -2.62. The van der Waals surface area contributed by atoms with Crippen molar-refractivity contribution in [3.05, 3.63) is 34.4 Å². The molecule has 200 valence electrons. The number of carbonyl (C=O) groups is 1. The fraction of sp³-hybridized carbons (Fsp3) is 0.769. The number of esters is 1. The molecule has 1 heterocycles. The molecule has 9 unspecified atom stereocenters. The summed E-state index contributed by atoms with van der Waals surface area (Å²) in [6.07, 6.45) is 5.77. The zero-order valence-electron chi connectivity index (χ0n) is 21.0. The van der Waals surface area contributed by atoms with E-state index in [0.29, 0.717) is 19.3 Å². The number of ether oxygens (including phenoxy) is 1. The largest absolute Gasteiger partial charge is 0.462 e. The molecule has 0 saturated heterocycles. The highest BCUT2D eigenvalue weighted by molar-refractivity contribution is 7.80. The van der Waals surface area contributed by atoms with Gasteiger partial charge < -0.3 is 14.3 Å². The average Bonchev–Trinajstić information content (AvgIpc) is 2.99. The van der Waals surface area contributed by atoms with E-state index in [1.54, 1.807) is 6.07 Å². The summed E-state index contributed by atoms with van der Waals surface area (Å²) in [6, 6.07) is 3.08. The third-order valence-corrected chi connectivity index (χ3v) is 11.0. The van der Waals surface area contributed by atoms with E-state index in [1.807, 2.05) is 0 Å². The summed E-state index contributed by atoms with van der Waals surface area (Å²) in [4.78, 5) is 23.7. The first-order chi connectivity index (χ1) is 16.8. The van der Waals surface area contributed by atoms with E-state index in [0.717, 1.165) is 37.7 Å². The molecule has 0 bridgehead atoms. The highest BCUT2D eigenvalue weighted by atomic mass is 32.3. The van der Waals surface area contributed by atoms with Crippen LogP contribution >= 0.6 is 0 Å². The quantitative estimate of drug-likeness (QED) is 0.446. The Labute approximate surface area is 211 Å². The molecule has 0 spiro atoms. The van der Waals surface area contributed by atoms with Gasteiger partial charge in [-0.3, -0.25) is 9.35 Å². The van der Waals surface area contributed by atoms with E-state index in [2.05, 4.69) is 13.8 Å². The number of rotatable bonds is 4. The minimum atomic E-state index is -4.49. The maximum atomic E-state index is 12.5. The van der Waals surface area contributed by atoms with Crippen molar-refractivity contribution >= 4 is 16.4 Å². The van der Waals surface area contributed by atoms with E-state index in [1.165, 1.54) is 19.3 Å². The van der Waals surface area contributed by atoms with Gasteiger partial charge >= 0.3 is 22.0 Å². The number of aliphatic hydroxyl groups is 1. The van der Waals surface area contributed by atoms with Crippen molar-refractivity contribution in [1.29, 1.82) is 0 Å². The van der Waals surface area contributed by atoms with Gasteiger partial charge in [-0.25, -0.2) is 8.98 Å². The first-order valence-electron chi connectivity index (χ1n) is 12.9. The molecule has 10 heteroatoms. The molecule has 4 aliphatic rings. The molecule has 9 atom stereocenters. The van der Waals surface area contributed by atoms with Crippen molar-refractivity contribution in [1.82, 2.24) is 0 Å². The van der Waals surface area contributed by atoms with Gasteiger partial charge in [0.25, 0.3) is 0 Å². The molecule has 0 aliphatic heterocycles. The van der Waals surface area contributed by atoms with Crippen LogP contribution in [0.3, 0.4) is 0 Å². The Morgan fingerprint density at radius 3 is 2.50 bits per heavy atom. The topological polar surface area (TPSA) is 140 Å². The number of carbonyl (C=O) groups excluding carboxylic acids is 1. The van der Waals surface area contributed by atoms with Gasteiger partial charge in [0.05, 0.1) is 18.0 Å². The standard InChI is InChI=1S/C26H36O9S/c1-15(27)34-21-13-26(29)20-6-5-17-12-18(35-36(30,31)32)8-10-24(17,2)19(20)9-11-25(26,3)23(21)16-4-7-22(28)33-14-16/h4,7,14,17-21,23,29H,5-6,8-13H2,1-3H3,(H,30,31,32). The molecule has 0 amide bonds. The molecule has 9 nitrogen and oxygen atoms in total. The molecular weight excluding hydrogens is 488 g/mol. The average molecular weight is 525 g/mol. The van der Waals surface area contributed by atoms with Gasteiger partial charge in [0, 0.05) is 30.7 Å². The van der Waals surface area contributed by atoms with Crippen molar-refractivity contribution in [2.24, 2.45) is 28.6 Å². The predicted molar refractivity (Wildman–Crippen MR) is 128 cm³/mol. The van der Waals surface area contributed by atoms with Crippen LogP contribution in [0.2, 0.25) is 0 Å². The van der Waals surface area contributed by atoms with Crippen molar-refractivity contribution in [3.63, 3.8) is 0 Å². The predicted octanol–water partition coefficient (Wildman–Crippen LogP) is 3.61. The van der Waals surface area contributed by atoms with Crippen LogP contribution in [0.5, 0.6) is 0 Å². The van der Waals surface area contributed by atoms with Crippen molar-refractivity contribution < 1.29 is 36.2 Å². The summed E-state index contributed by atoms with van der Waals surface area (Å²) in [5.41, 5.74) is -1.45. The van der Waals surface area contributed by atoms with Crippen molar-refractivity contribution in [3.8, 4) is 0 Å². The van der Waals surface area contributed by atoms with Crippen molar-refractivity contribution in [2.75, 3.05) is 0 Å². The Balaban J connectivity index is 1.47. The Morgan fingerprint density at radius 2 is 1.86 bits per heavy atom. The monoisotopic (exact) mass is 524 g/mol. The van der Waals surface area contributed by atoms with Gasteiger partial charge in [0.15, 0.2) is 0 Å². The molecule has 2 N–H and O–H groups in total. The summed E-state index contributed by atoms with van der Waals surface area (Å²) < 4.78 is 47.6. The Bertz CT molecular complexity index is 1170. The molecule has 5 rings (SSSR count). The van der Waals surface area contributed by atoms with Crippen LogP contribution in [0.25, 0.3) is 0 Å². The molecule has 1 aromatic heterocycles. The van der Waals surface area contributed by atoms with Crippen molar-refractivity contribution in [2.45, 2.75) is 95.9 Å². The number of hydrogen-bond acceptors (Lipinski definition) is 8. The van der Waals surface area contributed by atoms with E-state index in [4.69, 9.17) is 17.9 Å². The Morgan fingerprint density at radius 1 is 1.11 bits per heavy atom. The lowest BCUT2D eigenvalue weighted by Gasteiger charge is -2.63. The Kier molecular flexibility index (Phi) is 6.21. The summed E-state index contributed by atoms with van der Waals surface area (Å²) in [5.74, 6) is -0.252. The summed E-state index contributed by atoms with van der Waals surface area (Å²) in [5, 5.41) is 12.5. The Hall–Kier alpha value is -1.75. The first kappa shape index (κ1) is 25.9. The number of fused-ring (bicyclic) bond motifs is 5. The van der Waals surface area contributed by atoms with Crippen LogP contribution in [-0.2, 0) is 24.1 Å². The maximum absolute atomic E-state index is 12.5. The number of hydrogen-bond donors (Lipinski definition) is 2. The lowest BCUT2D eigenvalue weighted by atomic mass is 9.43. The van der Waals surface area contributed by atoms with Crippen LogP contribution in [0.15, 0.2) is 27.6 Å². The van der Waals surface area contributed by atoms with Gasteiger partial charge in [-0.15, -0.1) is 0 Å². The summed E-state index contributed by atoms with van der Waals surface area (Å²) in [6.45, 7) is 5.71. The van der Waals surface area contributed by atoms with Crippen LogP contribution in [0.4, 0.5) is 0 Å². The zero-order valence-corrected chi connectivity index (χ0v) is 21.8. The third-order valence-electron chi connectivity index (χ3n) is 10.4. The van der Waals surface area contributed by atoms with Gasteiger partial charge in [-0.05, 0) is 79.7 Å². The minimum absolute atomic E-state index is 0.00433. The summed E-state index contributed by atoms with van der Waals surface area (Å²) in [7, 11) is -4.49. The highest BCUT2D eigenvalue weighted by Crippen LogP contribution is 2.71. The molecule has 0 radical (unpaired) electrons. The van der Waals surface area contributed by atoms with Crippen LogP contribution in [-0.4, -0.2) is 41.9 Å². The highest BCUT2D eigenvalue weighted by Gasteiger charge is 2.70. The van der Waals surface area contributed by atoms with Gasteiger partial charge in [-0.2, -0.15) is 8.42 Å². The van der Waals surface area contributed by atoms with Crippen LogP contribution in [0, 0.1) is 28.6 Å². The van der Waals surface area contributed by atoms with E-state index in [-0.39, 0.29) is 29.1 Å². The first-order valence-corrected chi connectivity index (χ1v) is 14.3. The smallest absolute Gasteiger partial charge is 0.397 e. The molecular formula is C26H36O9S. The van der Waals surface area contributed by atoms with E-state index in [9.17, 15) is 23.1 Å². The lowest BCUT2D eigenvalue weighted by molar-refractivity contribution is -0.205. The SMILES string of the molecule is CC(=O)OC1CC2(O)C3CCC4CC(OS(=O)(=O)O)CCC4(C)C3CCC2(C)C1c1ccc(=O)oc1. The molecule has 4 saturated carbocycles. The molecule has 4 fully saturated rings. The zero-order chi connectivity index (χ0) is 26.1. The second-order valence-corrected chi connectivity index (χ2v) is 13.1. The van der Waals surface area contributed by atoms with E-state index >= 15 is 0 Å². The summed E-state index contributed by atoms with van der Waals surface area (Å²) >= 11 is 0. The second kappa shape index (κ2) is 8.64. The fourth-order valence-corrected chi connectivity index (χ4v) is 9.43. The molecule has 1 aromatic rings. The normalized spacial score (nSPS) is 44.2.